The van der Waals surface area contributed by atoms with Crippen LogP contribution < -0.4 is 9.80 Å². The van der Waals surface area contributed by atoms with Gasteiger partial charge in [-0.3, -0.25) is 0 Å². The molecule has 12 aromatic carbocycles. The largest absolute Gasteiger partial charge is 0.456 e. The molecule has 0 amide bonds. The number of fused-ring (bicyclic) bond motifs is 19. The van der Waals surface area contributed by atoms with Crippen LogP contribution in [0.5, 0.6) is 0 Å². The van der Waals surface area contributed by atoms with Crippen molar-refractivity contribution in [1.29, 1.82) is 0 Å². The van der Waals surface area contributed by atoms with Crippen molar-refractivity contribution in [1.82, 2.24) is 0 Å². The molecule has 0 atom stereocenters. The Morgan fingerprint density at radius 1 is 0.379 bits per heavy atom. The Hall–Kier alpha value is -9.66. The van der Waals surface area contributed by atoms with Crippen LogP contribution in [0.15, 0.2) is 215 Å². The molecule has 2 heterocycles. The van der Waals surface area contributed by atoms with E-state index in [4.69, 9.17) is 8.83 Å². The fourth-order valence-corrected chi connectivity index (χ4v) is 18.3. The molecule has 4 nitrogen and oxygen atoms in total. The summed E-state index contributed by atoms with van der Waals surface area (Å²) in [6, 6.07) is 67.0. The second-order valence-electron chi connectivity index (χ2n) is 26.0. The molecule has 4 fully saturated rings. The summed E-state index contributed by atoms with van der Waals surface area (Å²) in [4.78, 5) is 4.02. The molecule has 20 rings (SSSR count). The van der Waals surface area contributed by atoms with E-state index in [1.807, 2.05) is 64.4 Å². The predicted octanol–water partition coefficient (Wildman–Crippen LogP) is 22.5. The van der Waals surface area contributed by atoms with E-state index in [1.165, 1.54) is 40.8 Å². The van der Waals surface area contributed by atoms with Gasteiger partial charge >= 0.3 is 0 Å². The van der Waals surface area contributed by atoms with Gasteiger partial charge < -0.3 is 18.6 Å². The quantitative estimate of drug-likeness (QED) is 0.155. The summed E-state index contributed by atoms with van der Waals surface area (Å²) in [5.41, 5.74) is 14.3. The smallest absolute Gasteiger partial charge is 0.150 e. The highest BCUT2D eigenvalue weighted by atomic mass is 19.1. The molecule has 0 radical (unpaired) electrons. The van der Waals surface area contributed by atoms with E-state index < -0.39 is 34.1 Å². The van der Waals surface area contributed by atoms with Crippen molar-refractivity contribution in [3.05, 3.63) is 252 Å². The van der Waals surface area contributed by atoms with Gasteiger partial charge in [-0.1, -0.05) is 123 Å². The summed E-state index contributed by atoms with van der Waals surface area (Å²) in [7, 11) is 0. The van der Waals surface area contributed by atoms with Crippen LogP contribution in [0.4, 0.5) is 51.7 Å². The molecule has 6 aliphatic carbocycles. The normalized spacial score (nSPS) is 20.2. The third-order valence-corrected chi connectivity index (χ3v) is 21.4. The third-order valence-electron chi connectivity index (χ3n) is 21.4. The molecule has 2 aromatic heterocycles. The summed E-state index contributed by atoms with van der Waals surface area (Å²) >= 11 is 0. The molecular weight excluding hydrogens is 1080 g/mol. The summed E-state index contributed by atoms with van der Waals surface area (Å²) in [6.45, 7) is 4.67. The standard InChI is InChI=1S/C79H54F4N2O2/c1-78(2)59-18-10-9-17-56(59)75-67(85(65-28-22-49(81)37-63(65)83)51-24-26-58-71(39-51)87-69-30-20-45-12-4-6-14-53(45)73(58)69)41-61-76(77(75)78)74-55-16-8-7-15-54(55)66(40-60(74)79(61)46-32-42-31-43(34-46)35-47(79)33-42)84(64-27-21-48(80)36-62(64)82)50-23-25-57-70(38-50)86-68-29-19-44-11-3-5-13-52(44)72(57)68/h3-30,36-43,46-47H,31-35H2,1-2H3. The number of nitrogens with zero attached hydrogens (tertiary/aromatic N) is 2. The maximum atomic E-state index is 17.5. The molecule has 4 saturated carbocycles. The maximum absolute atomic E-state index is 17.5. The van der Waals surface area contributed by atoms with Crippen LogP contribution in [0.25, 0.3) is 98.4 Å². The molecule has 0 aliphatic heterocycles. The minimum atomic E-state index is -0.688. The third kappa shape index (κ3) is 6.63. The van der Waals surface area contributed by atoms with Gasteiger partial charge in [-0.15, -0.1) is 0 Å². The van der Waals surface area contributed by atoms with Crippen molar-refractivity contribution >= 4 is 110 Å². The lowest BCUT2D eigenvalue weighted by Crippen LogP contribution is -2.55. The van der Waals surface area contributed by atoms with Gasteiger partial charge in [0.2, 0.25) is 0 Å². The van der Waals surface area contributed by atoms with Gasteiger partial charge in [-0.25, -0.2) is 17.6 Å². The Kier molecular flexibility index (Phi) is 9.98. The first-order valence-electron chi connectivity index (χ1n) is 30.6. The number of hydrogen-bond acceptors (Lipinski definition) is 4. The molecule has 1 spiro atoms. The van der Waals surface area contributed by atoms with Crippen LogP contribution in [0.3, 0.4) is 0 Å². The zero-order chi connectivity index (χ0) is 57.9. The van der Waals surface area contributed by atoms with E-state index in [9.17, 15) is 0 Å². The van der Waals surface area contributed by atoms with E-state index in [0.717, 1.165) is 136 Å². The summed E-state index contributed by atoms with van der Waals surface area (Å²) in [5, 5.41) is 10.2. The van der Waals surface area contributed by atoms with Crippen molar-refractivity contribution in [2.75, 3.05) is 9.80 Å². The van der Waals surface area contributed by atoms with Crippen LogP contribution in [-0.4, -0.2) is 0 Å². The zero-order valence-corrected chi connectivity index (χ0v) is 47.7. The minimum Gasteiger partial charge on any atom is -0.456 e. The number of anilines is 6. The summed E-state index contributed by atoms with van der Waals surface area (Å²) < 4.78 is 79.0. The highest BCUT2D eigenvalue weighted by molar-refractivity contribution is 6.21. The van der Waals surface area contributed by atoms with E-state index in [-0.39, 0.29) is 23.2 Å². The van der Waals surface area contributed by atoms with Crippen molar-refractivity contribution in [3.8, 4) is 22.3 Å². The van der Waals surface area contributed by atoms with Crippen molar-refractivity contribution in [3.63, 3.8) is 0 Å². The first-order chi connectivity index (χ1) is 42.5. The van der Waals surface area contributed by atoms with Crippen molar-refractivity contribution in [2.45, 2.75) is 56.8 Å². The maximum Gasteiger partial charge on any atom is 0.150 e. The topological polar surface area (TPSA) is 32.8 Å². The Morgan fingerprint density at radius 2 is 0.874 bits per heavy atom. The highest BCUT2D eigenvalue weighted by Crippen LogP contribution is 2.73. The second kappa shape index (κ2) is 17.5. The molecule has 0 saturated heterocycles. The average molecular weight is 1140 g/mol. The van der Waals surface area contributed by atoms with Gasteiger partial charge in [0.15, 0.2) is 0 Å². The van der Waals surface area contributed by atoms with E-state index in [0.29, 0.717) is 34.4 Å². The minimum absolute atomic E-state index is 0.211. The highest BCUT2D eigenvalue weighted by Gasteiger charge is 2.63. The van der Waals surface area contributed by atoms with E-state index in [2.05, 4.69) is 129 Å². The molecule has 0 unspecified atom stereocenters. The Balaban J connectivity index is 0.918. The van der Waals surface area contributed by atoms with Crippen LogP contribution in [0.1, 0.15) is 68.2 Å². The van der Waals surface area contributed by atoms with Gasteiger partial charge in [0.05, 0.1) is 34.1 Å². The van der Waals surface area contributed by atoms with Gasteiger partial charge in [0, 0.05) is 67.6 Å². The van der Waals surface area contributed by atoms with Gasteiger partial charge in [-0.2, -0.15) is 0 Å². The SMILES string of the molecule is CC1(C)c2ccccc2-c2c(N(c3ccc4c(c3)oc3ccc5ccccc5c34)c3ccc(F)cc3F)cc3c(c21)-c1c(cc(N(c2ccc4c(c2)oc2ccc5ccccc5c24)c2ccc(F)cc2F)c2ccccc12)C31C2CC3CC(C2)CC1C3. The van der Waals surface area contributed by atoms with Crippen LogP contribution in [0.2, 0.25) is 0 Å². The molecule has 4 bridgehead atoms. The summed E-state index contributed by atoms with van der Waals surface area (Å²) in [6.07, 6.45) is 5.48. The first kappa shape index (κ1) is 49.6. The molecule has 8 heteroatoms. The lowest BCUT2D eigenvalue weighted by Gasteiger charge is -2.61. The van der Waals surface area contributed by atoms with Gasteiger partial charge in [-0.05, 0) is 194 Å². The first-order valence-corrected chi connectivity index (χ1v) is 30.6. The lowest BCUT2D eigenvalue weighted by atomic mass is 9.43. The molecule has 6 aliphatic rings. The number of benzene rings is 12. The van der Waals surface area contributed by atoms with E-state index >= 15 is 17.6 Å². The Morgan fingerprint density at radius 3 is 1.45 bits per heavy atom. The van der Waals surface area contributed by atoms with Crippen molar-refractivity contribution < 1.29 is 26.4 Å². The number of halogens is 4. The van der Waals surface area contributed by atoms with Gasteiger partial charge in [0.1, 0.15) is 45.6 Å². The number of rotatable bonds is 6. The number of hydrogen-bond donors (Lipinski definition) is 0. The van der Waals surface area contributed by atoms with E-state index in [1.54, 1.807) is 12.1 Å². The summed E-state index contributed by atoms with van der Waals surface area (Å²) in [5.74, 6) is -1.01. The lowest BCUT2D eigenvalue weighted by molar-refractivity contribution is -0.0399. The molecule has 14 aromatic rings. The zero-order valence-electron chi connectivity index (χ0n) is 47.7. The Bertz CT molecular complexity index is 5350. The van der Waals surface area contributed by atoms with Crippen molar-refractivity contribution in [2.24, 2.45) is 23.7 Å². The number of furan rings is 2. The fraction of sp³-hybridized carbons (Fsp3) is 0.165. The molecule has 0 N–H and O–H groups in total. The van der Waals surface area contributed by atoms with Crippen LogP contribution in [0, 0.1) is 46.9 Å². The molecule has 420 valence electrons. The predicted molar refractivity (Wildman–Crippen MR) is 344 cm³/mol. The second-order valence-corrected chi connectivity index (χ2v) is 26.0. The van der Waals surface area contributed by atoms with Crippen LogP contribution in [-0.2, 0) is 10.8 Å². The Labute approximate surface area is 498 Å². The fourth-order valence-electron chi connectivity index (χ4n) is 18.3. The monoisotopic (exact) mass is 1140 g/mol. The molecular formula is C79H54F4N2O2. The average Bonchev–Trinajstić information content (AvgIpc) is 1.52. The molecule has 87 heavy (non-hydrogen) atoms. The van der Waals surface area contributed by atoms with Gasteiger partial charge in [0.25, 0.3) is 0 Å². The van der Waals surface area contributed by atoms with Crippen LogP contribution >= 0.6 is 0 Å².